The zero-order valence-corrected chi connectivity index (χ0v) is 12.2. The van der Waals surface area contributed by atoms with E-state index in [-0.39, 0.29) is 12.2 Å². The highest BCUT2D eigenvalue weighted by atomic mass is 35.5. The number of esters is 1. The zero-order chi connectivity index (χ0) is 15.2. The molecular weight excluding hydrogens is 295 g/mol. The summed E-state index contributed by atoms with van der Waals surface area (Å²) in [5, 5.41) is 0.302. The Kier molecular flexibility index (Phi) is 5.17. The lowest BCUT2D eigenvalue weighted by Gasteiger charge is -2.09. The second-order valence-electron chi connectivity index (χ2n) is 4.24. The van der Waals surface area contributed by atoms with Crippen LogP contribution in [-0.2, 0) is 11.3 Å². The number of hydrogen-bond acceptors (Lipinski definition) is 3. The number of ether oxygens (including phenoxy) is 2. The van der Waals surface area contributed by atoms with Gasteiger partial charge in [-0.05, 0) is 37.3 Å². The van der Waals surface area contributed by atoms with E-state index >= 15 is 0 Å². The van der Waals surface area contributed by atoms with Gasteiger partial charge in [-0.15, -0.1) is 0 Å². The Morgan fingerprint density at radius 3 is 2.71 bits per heavy atom. The van der Waals surface area contributed by atoms with Gasteiger partial charge in [-0.25, -0.2) is 9.18 Å². The van der Waals surface area contributed by atoms with Gasteiger partial charge in [0.15, 0.2) is 0 Å². The first kappa shape index (κ1) is 15.3. The standard InChI is InChI=1S/C16H14ClFO3/c1-2-20-16(19)11-5-3-6-12(9-11)21-10-13-14(17)7-4-8-15(13)18/h3-9H,2,10H2,1H3. The molecule has 0 N–H and O–H groups in total. The lowest BCUT2D eigenvalue weighted by Crippen LogP contribution is -2.05. The molecule has 0 aliphatic carbocycles. The molecule has 0 bridgehead atoms. The first-order valence-corrected chi connectivity index (χ1v) is 6.82. The molecular formula is C16H14ClFO3. The fourth-order valence-electron chi connectivity index (χ4n) is 1.75. The lowest BCUT2D eigenvalue weighted by atomic mass is 10.2. The van der Waals surface area contributed by atoms with Crippen molar-refractivity contribution in [1.29, 1.82) is 0 Å². The molecule has 0 amide bonds. The van der Waals surface area contributed by atoms with Gasteiger partial charge in [-0.3, -0.25) is 0 Å². The average Bonchev–Trinajstić information content (AvgIpc) is 2.47. The number of hydrogen-bond donors (Lipinski definition) is 0. The van der Waals surface area contributed by atoms with E-state index in [1.165, 1.54) is 12.1 Å². The van der Waals surface area contributed by atoms with E-state index in [9.17, 15) is 9.18 Å². The predicted octanol–water partition coefficient (Wildman–Crippen LogP) is 4.23. The van der Waals surface area contributed by atoms with Gasteiger partial charge in [0.1, 0.15) is 18.2 Å². The minimum absolute atomic E-state index is 0.0161. The van der Waals surface area contributed by atoms with E-state index < -0.39 is 11.8 Å². The molecule has 0 spiro atoms. The SMILES string of the molecule is CCOC(=O)c1cccc(OCc2c(F)cccc2Cl)c1. The fraction of sp³-hybridized carbons (Fsp3) is 0.188. The molecule has 3 nitrogen and oxygen atoms in total. The average molecular weight is 309 g/mol. The van der Waals surface area contributed by atoms with Crippen LogP contribution >= 0.6 is 11.6 Å². The molecule has 0 saturated heterocycles. The molecule has 110 valence electrons. The molecule has 2 aromatic rings. The summed E-state index contributed by atoms with van der Waals surface area (Å²) in [6.07, 6.45) is 0. The van der Waals surface area contributed by atoms with Gasteiger partial charge in [-0.2, -0.15) is 0 Å². The Bertz CT molecular complexity index is 623. The van der Waals surface area contributed by atoms with Crippen molar-refractivity contribution in [2.45, 2.75) is 13.5 Å². The van der Waals surface area contributed by atoms with Crippen LogP contribution in [0.1, 0.15) is 22.8 Å². The molecule has 0 unspecified atom stereocenters. The van der Waals surface area contributed by atoms with E-state index in [4.69, 9.17) is 21.1 Å². The van der Waals surface area contributed by atoms with Gasteiger partial charge in [0.25, 0.3) is 0 Å². The zero-order valence-electron chi connectivity index (χ0n) is 11.4. The smallest absolute Gasteiger partial charge is 0.338 e. The molecule has 0 aliphatic heterocycles. The van der Waals surface area contributed by atoms with E-state index in [1.807, 2.05) is 0 Å². The van der Waals surface area contributed by atoms with Crippen LogP contribution in [0.2, 0.25) is 5.02 Å². The first-order chi connectivity index (χ1) is 10.1. The topological polar surface area (TPSA) is 35.5 Å². The lowest BCUT2D eigenvalue weighted by molar-refractivity contribution is 0.0526. The minimum atomic E-state index is -0.427. The predicted molar refractivity (Wildman–Crippen MR) is 78.1 cm³/mol. The Morgan fingerprint density at radius 1 is 1.24 bits per heavy atom. The molecule has 21 heavy (non-hydrogen) atoms. The molecule has 0 aromatic heterocycles. The molecule has 5 heteroatoms. The molecule has 0 radical (unpaired) electrons. The Hall–Kier alpha value is -2.07. The summed E-state index contributed by atoms with van der Waals surface area (Å²) in [5.74, 6) is -0.407. The van der Waals surface area contributed by atoms with Crippen LogP contribution < -0.4 is 4.74 Å². The van der Waals surface area contributed by atoms with Crippen molar-refractivity contribution in [2.75, 3.05) is 6.61 Å². The maximum absolute atomic E-state index is 13.6. The summed E-state index contributed by atoms with van der Waals surface area (Å²) in [6, 6.07) is 11.0. The van der Waals surface area contributed by atoms with Crippen molar-refractivity contribution < 1.29 is 18.7 Å². The molecule has 0 saturated carbocycles. The summed E-state index contributed by atoms with van der Waals surface area (Å²) < 4.78 is 24.0. The van der Waals surface area contributed by atoms with E-state index in [0.29, 0.717) is 22.9 Å². The van der Waals surface area contributed by atoms with Crippen molar-refractivity contribution in [3.8, 4) is 5.75 Å². The third kappa shape index (κ3) is 3.95. The van der Waals surface area contributed by atoms with E-state index in [2.05, 4.69) is 0 Å². The van der Waals surface area contributed by atoms with Crippen molar-refractivity contribution >= 4 is 17.6 Å². The highest BCUT2D eigenvalue weighted by Crippen LogP contribution is 2.22. The largest absolute Gasteiger partial charge is 0.489 e. The van der Waals surface area contributed by atoms with Gasteiger partial charge < -0.3 is 9.47 Å². The van der Waals surface area contributed by atoms with Crippen LogP contribution in [0.5, 0.6) is 5.75 Å². The second kappa shape index (κ2) is 7.09. The summed E-state index contributed by atoms with van der Waals surface area (Å²) in [6.45, 7) is 2.02. The van der Waals surface area contributed by atoms with Crippen LogP contribution in [0.3, 0.4) is 0 Å². The quantitative estimate of drug-likeness (QED) is 0.775. The summed E-state index contributed by atoms with van der Waals surface area (Å²) in [7, 11) is 0. The molecule has 2 rings (SSSR count). The van der Waals surface area contributed by atoms with Crippen LogP contribution in [0.15, 0.2) is 42.5 Å². The number of rotatable bonds is 5. The van der Waals surface area contributed by atoms with Crippen LogP contribution in [0.4, 0.5) is 4.39 Å². The van der Waals surface area contributed by atoms with Gasteiger partial charge in [0.05, 0.1) is 17.2 Å². The highest BCUT2D eigenvalue weighted by molar-refractivity contribution is 6.31. The van der Waals surface area contributed by atoms with Crippen molar-refractivity contribution in [3.63, 3.8) is 0 Å². The fourth-order valence-corrected chi connectivity index (χ4v) is 1.97. The summed E-state index contributed by atoms with van der Waals surface area (Å²) >= 11 is 5.92. The van der Waals surface area contributed by atoms with Crippen molar-refractivity contribution in [3.05, 3.63) is 64.4 Å². The summed E-state index contributed by atoms with van der Waals surface area (Å²) in [4.78, 5) is 11.6. The Labute approximate surface area is 127 Å². The molecule has 0 fully saturated rings. The molecule has 0 atom stereocenters. The number of carbonyl (C=O) groups excluding carboxylic acids is 1. The number of carbonyl (C=O) groups is 1. The maximum atomic E-state index is 13.6. The van der Waals surface area contributed by atoms with Gasteiger partial charge in [0, 0.05) is 5.56 Å². The van der Waals surface area contributed by atoms with Crippen molar-refractivity contribution in [2.24, 2.45) is 0 Å². The normalized spacial score (nSPS) is 10.2. The monoisotopic (exact) mass is 308 g/mol. The van der Waals surface area contributed by atoms with Gasteiger partial charge in [-0.1, -0.05) is 23.7 Å². The second-order valence-corrected chi connectivity index (χ2v) is 4.64. The van der Waals surface area contributed by atoms with E-state index in [1.54, 1.807) is 37.3 Å². The minimum Gasteiger partial charge on any atom is -0.489 e. The summed E-state index contributed by atoms with van der Waals surface area (Å²) in [5.41, 5.74) is 0.662. The van der Waals surface area contributed by atoms with Crippen LogP contribution in [0.25, 0.3) is 0 Å². The molecule has 2 aromatic carbocycles. The molecule has 0 heterocycles. The first-order valence-electron chi connectivity index (χ1n) is 6.44. The van der Waals surface area contributed by atoms with Gasteiger partial charge >= 0.3 is 5.97 Å². The molecule has 0 aliphatic rings. The van der Waals surface area contributed by atoms with Crippen molar-refractivity contribution in [1.82, 2.24) is 0 Å². The Balaban J connectivity index is 2.10. The number of halogens is 2. The highest BCUT2D eigenvalue weighted by Gasteiger charge is 2.10. The van der Waals surface area contributed by atoms with Crippen LogP contribution in [-0.4, -0.2) is 12.6 Å². The van der Waals surface area contributed by atoms with Gasteiger partial charge in [0.2, 0.25) is 0 Å². The van der Waals surface area contributed by atoms with Crippen LogP contribution in [0, 0.1) is 5.82 Å². The third-order valence-electron chi connectivity index (χ3n) is 2.79. The maximum Gasteiger partial charge on any atom is 0.338 e. The number of benzene rings is 2. The van der Waals surface area contributed by atoms with E-state index in [0.717, 1.165) is 0 Å². The third-order valence-corrected chi connectivity index (χ3v) is 3.14. The Morgan fingerprint density at radius 2 is 2.00 bits per heavy atom.